The number of nitrogens with zero attached hydrogens (tertiary/aromatic N) is 2. The van der Waals surface area contributed by atoms with Gasteiger partial charge in [-0.2, -0.15) is 5.10 Å². The van der Waals surface area contributed by atoms with E-state index in [-0.39, 0.29) is 5.41 Å². The van der Waals surface area contributed by atoms with E-state index in [0.717, 1.165) is 19.5 Å². The average Bonchev–Trinajstić information content (AvgIpc) is 2.88. The number of nitrogens with one attached hydrogen (secondary N) is 1. The van der Waals surface area contributed by atoms with Gasteiger partial charge < -0.3 is 5.32 Å². The van der Waals surface area contributed by atoms with Gasteiger partial charge in [-0.1, -0.05) is 20.8 Å². The first-order chi connectivity index (χ1) is 7.57. The van der Waals surface area contributed by atoms with Gasteiger partial charge in [0.1, 0.15) is 0 Å². The van der Waals surface area contributed by atoms with Crippen molar-refractivity contribution in [2.75, 3.05) is 6.54 Å². The van der Waals surface area contributed by atoms with E-state index in [1.165, 1.54) is 24.2 Å². The summed E-state index contributed by atoms with van der Waals surface area (Å²) in [6.45, 7) is 8.91. The van der Waals surface area contributed by atoms with E-state index in [0.29, 0.717) is 5.54 Å². The summed E-state index contributed by atoms with van der Waals surface area (Å²) in [7, 11) is 0. The molecule has 1 aliphatic carbocycles. The zero-order valence-electron chi connectivity index (χ0n) is 10.5. The molecule has 1 fully saturated rings. The Morgan fingerprint density at radius 2 is 2.25 bits per heavy atom. The fourth-order valence-corrected chi connectivity index (χ4v) is 2.53. The van der Waals surface area contributed by atoms with Crippen molar-refractivity contribution in [3.8, 4) is 0 Å². The Kier molecular flexibility index (Phi) is 2.00. The van der Waals surface area contributed by atoms with Gasteiger partial charge in [-0.05, 0) is 25.3 Å². The van der Waals surface area contributed by atoms with Crippen LogP contribution in [-0.2, 0) is 17.5 Å². The first-order valence-electron chi connectivity index (χ1n) is 6.41. The fourth-order valence-electron chi connectivity index (χ4n) is 2.53. The molecule has 88 valence electrons. The van der Waals surface area contributed by atoms with Crippen LogP contribution in [0.3, 0.4) is 0 Å². The predicted octanol–water partition coefficient (Wildman–Crippen LogP) is 2.16. The van der Waals surface area contributed by atoms with Crippen molar-refractivity contribution < 1.29 is 0 Å². The molecule has 0 aromatic carbocycles. The van der Waals surface area contributed by atoms with Crippen molar-refractivity contribution in [3.63, 3.8) is 0 Å². The van der Waals surface area contributed by atoms with Crippen molar-refractivity contribution in [2.24, 2.45) is 0 Å². The van der Waals surface area contributed by atoms with Crippen molar-refractivity contribution in [3.05, 3.63) is 17.5 Å². The Morgan fingerprint density at radius 1 is 1.50 bits per heavy atom. The van der Waals surface area contributed by atoms with E-state index in [1.807, 2.05) is 0 Å². The summed E-state index contributed by atoms with van der Waals surface area (Å²) in [6, 6.07) is 2.34. The van der Waals surface area contributed by atoms with Gasteiger partial charge in [0.15, 0.2) is 0 Å². The molecule has 0 saturated heterocycles. The molecule has 0 radical (unpaired) electrons. The number of rotatable bonds is 2. The van der Waals surface area contributed by atoms with E-state index in [9.17, 15) is 0 Å². The highest BCUT2D eigenvalue weighted by Gasteiger charge is 2.48. The predicted molar refractivity (Wildman–Crippen MR) is 64.5 cm³/mol. The fraction of sp³-hybridized carbons (Fsp3) is 0.769. The standard InChI is InChI=1S/C13H21N3/c1-4-12(2,3)10-9-11-13(5-6-13)14-7-8-16(11)15-10/h9,14H,4-8H2,1-3H3. The molecule has 0 unspecified atom stereocenters. The lowest BCUT2D eigenvalue weighted by molar-refractivity contribution is 0.380. The SMILES string of the molecule is CCC(C)(C)c1cc2n(n1)CCNC21CC1. The van der Waals surface area contributed by atoms with Gasteiger partial charge in [0.05, 0.1) is 23.5 Å². The second kappa shape index (κ2) is 3.10. The largest absolute Gasteiger partial charge is 0.304 e. The number of hydrogen-bond acceptors (Lipinski definition) is 2. The molecule has 3 heteroatoms. The minimum Gasteiger partial charge on any atom is -0.304 e. The summed E-state index contributed by atoms with van der Waals surface area (Å²) in [6.07, 6.45) is 3.71. The summed E-state index contributed by atoms with van der Waals surface area (Å²) < 4.78 is 2.23. The van der Waals surface area contributed by atoms with E-state index in [2.05, 4.69) is 36.8 Å². The smallest absolute Gasteiger partial charge is 0.0684 e. The minimum absolute atomic E-state index is 0.209. The quantitative estimate of drug-likeness (QED) is 0.826. The topological polar surface area (TPSA) is 29.9 Å². The highest BCUT2D eigenvalue weighted by molar-refractivity contribution is 5.30. The van der Waals surface area contributed by atoms with Crippen molar-refractivity contribution in [1.29, 1.82) is 0 Å². The second-order valence-corrected chi connectivity index (χ2v) is 5.88. The maximum Gasteiger partial charge on any atom is 0.0684 e. The molecular weight excluding hydrogens is 198 g/mol. The lowest BCUT2D eigenvalue weighted by atomic mass is 9.86. The normalized spacial score (nSPS) is 22.2. The first kappa shape index (κ1) is 10.3. The minimum atomic E-state index is 0.209. The van der Waals surface area contributed by atoms with Crippen molar-refractivity contribution in [1.82, 2.24) is 15.1 Å². The Morgan fingerprint density at radius 3 is 2.88 bits per heavy atom. The molecule has 2 heterocycles. The molecule has 1 N–H and O–H groups in total. The highest BCUT2D eigenvalue weighted by Crippen LogP contribution is 2.47. The number of hydrogen-bond donors (Lipinski definition) is 1. The Balaban J connectivity index is 2.03. The Labute approximate surface area is 97.2 Å². The molecular formula is C13H21N3. The van der Waals surface area contributed by atoms with Gasteiger partial charge in [-0.3, -0.25) is 4.68 Å². The van der Waals surface area contributed by atoms with Crippen LogP contribution in [0.25, 0.3) is 0 Å². The van der Waals surface area contributed by atoms with Crippen LogP contribution in [-0.4, -0.2) is 16.3 Å². The van der Waals surface area contributed by atoms with Gasteiger partial charge in [-0.15, -0.1) is 0 Å². The van der Waals surface area contributed by atoms with Gasteiger partial charge >= 0.3 is 0 Å². The van der Waals surface area contributed by atoms with E-state index < -0.39 is 0 Å². The summed E-state index contributed by atoms with van der Waals surface area (Å²) in [5.41, 5.74) is 3.20. The Hall–Kier alpha value is -0.830. The van der Waals surface area contributed by atoms with Crippen molar-refractivity contribution in [2.45, 2.75) is 57.5 Å². The first-order valence-corrected chi connectivity index (χ1v) is 6.41. The molecule has 0 atom stereocenters. The van der Waals surface area contributed by atoms with E-state index in [4.69, 9.17) is 5.10 Å². The molecule has 1 spiro atoms. The molecule has 1 saturated carbocycles. The van der Waals surface area contributed by atoms with Crippen LogP contribution in [0.1, 0.15) is 51.4 Å². The molecule has 3 rings (SSSR count). The average molecular weight is 219 g/mol. The molecule has 1 aromatic rings. The van der Waals surface area contributed by atoms with Crippen LogP contribution >= 0.6 is 0 Å². The van der Waals surface area contributed by atoms with E-state index >= 15 is 0 Å². The van der Waals surface area contributed by atoms with Gasteiger partial charge in [-0.25, -0.2) is 0 Å². The summed E-state index contributed by atoms with van der Waals surface area (Å²) >= 11 is 0. The van der Waals surface area contributed by atoms with E-state index in [1.54, 1.807) is 0 Å². The molecule has 1 aromatic heterocycles. The molecule has 16 heavy (non-hydrogen) atoms. The third-order valence-electron chi connectivity index (χ3n) is 4.38. The Bertz CT molecular complexity index is 413. The monoisotopic (exact) mass is 219 g/mol. The highest BCUT2D eigenvalue weighted by atomic mass is 15.3. The van der Waals surface area contributed by atoms with Crippen LogP contribution in [0.4, 0.5) is 0 Å². The number of fused-ring (bicyclic) bond motifs is 2. The van der Waals surface area contributed by atoms with Crippen LogP contribution < -0.4 is 5.32 Å². The molecule has 2 aliphatic rings. The van der Waals surface area contributed by atoms with Crippen LogP contribution in [0.2, 0.25) is 0 Å². The maximum absolute atomic E-state index is 4.81. The lowest BCUT2D eigenvalue weighted by Gasteiger charge is -2.24. The van der Waals surface area contributed by atoms with Crippen LogP contribution in [0, 0.1) is 0 Å². The van der Waals surface area contributed by atoms with Crippen molar-refractivity contribution >= 4 is 0 Å². The third-order valence-corrected chi connectivity index (χ3v) is 4.38. The third kappa shape index (κ3) is 1.34. The zero-order chi connectivity index (χ0) is 11.4. The van der Waals surface area contributed by atoms with Gasteiger partial charge in [0.25, 0.3) is 0 Å². The van der Waals surface area contributed by atoms with Gasteiger partial charge in [0, 0.05) is 12.0 Å². The molecule has 3 nitrogen and oxygen atoms in total. The second-order valence-electron chi connectivity index (χ2n) is 5.88. The van der Waals surface area contributed by atoms with Crippen LogP contribution in [0.15, 0.2) is 6.07 Å². The molecule has 0 bridgehead atoms. The lowest BCUT2D eigenvalue weighted by Crippen LogP contribution is -2.39. The molecule has 0 amide bonds. The maximum atomic E-state index is 4.81. The summed E-state index contributed by atoms with van der Waals surface area (Å²) in [5.74, 6) is 0. The summed E-state index contributed by atoms with van der Waals surface area (Å²) in [5, 5.41) is 8.45. The molecule has 1 aliphatic heterocycles. The zero-order valence-corrected chi connectivity index (χ0v) is 10.5. The van der Waals surface area contributed by atoms with Gasteiger partial charge in [0.2, 0.25) is 0 Å². The number of aromatic nitrogens is 2. The summed E-state index contributed by atoms with van der Waals surface area (Å²) in [4.78, 5) is 0. The van der Waals surface area contributed by atoms with Crippen LogP contribution in [0.5, 0.6) is 0 Å².